The minimum absolute atomic E-state index is 0.0538. The molecule has 2 heterocycles. The standard InChI is InChI=1S/C24H22N4O4S/c1-32-22-15-17(16-4-2-5-16)7-10-21(22)28-20-11-9-19(14-18(20)8-12-24(28)29)33(30,31)27-23-6-3-13-25-26-23/h3,6-16H,2,4-5H2,1H3,(H,26,27). The number of aromatic nitrogens is 3. The molecule has 0 atom stereocenters. The number of sulfonamides is 1. The van der Waals surface area contributed by atoms with Crippen molar-refractivity contribution < 1.29 is 13.2 Å². The Kier molecular flexibility index (Phi) is 5.33. The molecule has 1 aliphatic rings. The van der Waals surface area contributed by atoms with Gasteiger partial charge in [-0.1, -0.05) is 12.5 Å². The molecule has 4 aromatic rings. The first kappa shape index (κ1) is 21.1. The van der Waals surface area contributed by atoms with E-state index < -0.39 is 10.0 Å². The molecule has 0 amide bonds. The predicted molar refractivity (Wildman–Crippen MR) is 126 cm³/mol. The van der Waals surface area contributed by atoms with Crippen LogP contribution in [0.5, 0.6) is 5.75 Å². The van der Waals surface area contributed by atoms with Gasteiger partial charge >= 0.3 is 0 Å². The van der Waals surface area contributed by atoms with Crippen molar-refractivity contribution in [2.75, 3.05) is 11.8 Å². The van der Waals surface area contributed by atoms with Gasteiger partial charge in [0.15, 0.2) is 5.82 Å². The number of fused-ring (bicyclic) bond motifs is 1. The molecule has 9 heteroatoms. The van der Waals surface area contributed by atoms with Crippen molar-refractivity contribution in [3.8, 4) is 11.4 Å². The van der Waals surface area contributed by atoms with Crippen LogP contribution in [0.15, 0.2) is 76.6 Å². The van der Waals surface area contributed by atoms with Crippen LogP contribution in [0.4, 0.5) is 5.82 Å². The van der Waals surface area contributed by atoms with Crippen molar-refractivity contribution in [2.45, 2.75) is 30.1 Å². The Morgan fingerprint density at radius 3 is 2.61 bits per heavy atom. The van der Waals surface area contributed by atoms with Crippen molar-refractivity contribution in [2.24, 2.45) is 0 Å². The molecule has 1 N–H and O–H groups in total. The van der Waals surface area contributed by atoms with Crippen LogP contribution in [-0.2, 0) is 10.0 Å². The number of anilines is 1. The number of hydrogen-bond donors (Lipinski definition) is 1. The predicted octanol–water partition coefficient (Wildman–Crippen LogP) is 3.86. The van der Waals surface area contributed by atoms with Crippen molar-refractivity contribution in [3.05, 3.63) is 82.8 Å². The number of methoxy groups -OCH3 is 1. The number of hydrogen-bond acceptors (Lipinski definition) is 6. The lowest BCUT2D eigenvalue weighted by atomic mass is 9.80. The Bertz CT molecular complexity index is 1500. The van der Waals surface area contributed by atoms with Crippen LogP contribution < -0.4 is 15.0 Å². The lowest BCUT2D eigenvalue weighted by Crippen LogP contribution is -2.19. The van der Waals surface area contributed by atoms with E-state index in [0.29, 0.717) is 28.3 Å². The largest absolute Gasteiger partial charge is 0.495 e. The van der Waals surface area contributed by atoms with Gasteiger partial charge in [-0.25, -0.2) is 8.42 Å². The summed E-state index contributed by atoms with van der Waals surface area (Å²) < 4.78 is 35.3. The van der Waals surface area contributed by atoms with Crippen molar-refractivity contribution in [1.29, 1.82) is 0 Å². The molecule has 1 fully saturated rings. The molecule has 8 nitrogen and oxygen atoms in total. The average molecular weight is 463 g/mol. The third-order valence-corrected chi connectivity index (χ3v) is 7.36. The highest BCUT2D eigenvalue weighted by Crippen LogP contribution is 2.39. The topological polar surface area (TPSA) is 103 Å². The highest BCUT2D eigenvalue weighted by atomic mass is 32.2. The lowest BCUT2D eigenvalue weighted by Gasteiger charge is -2.26. The number of nitrogens with zero attached hydrogens (tertiary/aromatic N) is 3. The minimum Gasteiger partial charge on any atom is -0.495 e. The lowest BCUT2D eigenvalue weighted by molar-refractivity contribution is 0.401. The van der Waals surface area contributed by atoms with Crippen LogP contribution in [0.2, 0.25) is 0 Å². The Morgan fingerprint density at radius 1 is 1.06 bits per heavy atom. The van der Waals surface area contributed by atoms with Gasteiger partial charge in [-0.15, -0.1) is 5.10 Å². The zero-order valence-corrected chi connectivity index (χ0v) is 18.7. The third-order valence-electron chi connectivity index (χ3n) is 6.01. The Balaban J connectivity index is 1.59. The molecule has 5 rings (SSSR count). The summed E-state index contributed by atoms with van der Waals surface area (Å²) >= 11 is 0. The fraction of sp³-hybridized carbons (Fsp3) is 0.208. The molecular weight excluding hydrogens is 440 g/mol. The van der Waals surface area contributed by atoms with Gasteiger partial charge in [0.2, 0.25) is 0 Å². The summed E-state index contributed by atoms with van der Waals surface area (Å²) in [4.78, 5) is 12.9. The van der Waals surface area contributed by atoms with Gasteiger partial charge in [0.1, 0.15) is 5.75 Å². The van der Waals surface area contributed by atoms with E-state index in [0.717, 1.165) is 12.8 Å². The second-order valence-electron chi connectivity index (χ2n) is 8.00. The molecule has 0 unspecified atom stereocenters. The number of pyridine rings is 1. The van der Waals surface area contributed by atoms with Gasteiger partial charge in [0.25, 0.3) is 15.6 Å². The quantitative estimate of drug-likeness (QED) is 0.467. The van der Waals surface area contributed by atoms with Gasteiger partial charge < -0.3 is 4.74 Å². The molecule has 168 valence electrons. The van der Waals surface area contributed by atoms with Gasteiger partial charge in [0.05, 0.1) is 23.2 Å². The zero-order valence-electron chi connectivity index (χ0n) is 17.9. The van der Waals surface area contributed by atoms with Crippen LogP contribution in [0.25, 0.3) is 16.6 Å². The van der Waals surface area contributed by atoms with Crippen molar-refractivity contribution >= 4 is 26.7 Å². The Labute approximate surface area is 190 Å². The van der Waals surface area contributed by atoms with Gasteiger partial charge in [-0.05, 0) is 72.9 Å². The summed E-state index contributed by atoms with van der Waals surface area (Å²) in [5.41, 5.74) is 2.17. The first-order valence-electron chi connectivity index (χ1n) is 10.6. The van der Waals surface area contributed by atoms with Crippen LogP contribution in [0.1, 0.15) is 30.7 Å². The van der Waals surface area contributed by atoms with Crippen LogP contribution in [0.3, 0.4) is 0 Å². The molecule has 0 bridgehead atoms. The first-order valence-corrected chi connectivity index (χ1v) is 12.1. The van der Waals surface area contributed by atoms with Gasteiger partial charge in [0, 0.05) is 17.6 Å². The molecule has 0 radical (unpaired) electrons. The van der Waals surface area contributed by atoms with E-state index in [-0.39, 0.29) is 16.3 Å². The number of ether oxygens (including phenoxy) is 1. The van der Waals surface area contributed by atoms with Crippen LogP contribution >= 0.6 is 0 Å². The normalized spacial score (nSPS) is 14.1. The van der Waals surface area contributed by atoms with E-state index in [4.69, 9.17) is 4.74 Å². The SMILES string of the molecule is COc1cc(C2CCC2)ccc1-n1c(=O)ccc2cc(S(=O)(=O)Nc3cccnn3)ccc21. The highest BCUT2D eigenvalue weighted by Gasteiger charge is 2.22. The van der Waals surface area contributed by atoms with E-state index >= 15 is 0 Å². The van der Waals surface area contributed by atoms with Crippen molar-refractivity contribution in [3.63, 3.8) is 0 Å². The van der Waals surface area contributed by atoms with Crippen LogP contribution in [0, 0.1) is 0 Å². The third kappa shape index (κ3) is 3.95. The molecule has 1 saturated carbocycles. The van der Waals surface area contributed by atoms with E-state index in [1.165, 1.54) is 42.4 Å². The van der Waals surface area contributed by atoms with E-state index in [1.54, 1.807) is 29.9 Å². The highest BCUT2D eigenvalue weighted by molar-refractivity contribution is 7.92. The average Bonchev–Trinajstić information content (AvgIpc) is 2.78. The molecule has 1 aliphatic carbocycles. The summed E-state index contributed by atoms with van der Waals surface area (Å²) in [7, 11) is -2.30. The van der Waals surface area contributed by atoms with E-state index in [1.807, 2.05) is 18.2 Å². The second kappa shape index (κ2) is 8.32. The number of benzene rings is 2. The Hall–Kier alpha value is -3.72. The number of nitrogens with one attached hydrogen (secondary N) is 1. The first-order chi connectivity index (χ1) is 16.0. The van der Waals surface area contributed by atoms with Gasteiger partial charge in [-0.2, -0.15) is 5.10 Å². The maximum Gasteiger partial charge on any atom is 0.263 e. The van der Waals surface area contributed by atoms with Crippen molar-refractivity contribution in [1.82, 2.24) is 14.8 Å². The molecule has 0 aliphatic heterocycles. The zero-order chi connectivity index (χ0) is 23.0. The summed E-state index contributed by atoms with van der Waals surface area (Å²) in [6.07, 6.45) is 5.02. The number of rotatable bonds is 6. The molecule has 0 spiro atoms. The fourth-order valence-corrected chi connectivity index (χ4v) is 5.10. The summed E-state index contributed by atoms with van der Waals surface area (Å²) in [6, 6.07) is 16.7. The monoisotopic (exact) mass is 462 g/mol. The van der Waals surface area contributed by atoms with Gasteiger partial charge in [-0.3, -0.25) is 14.1 Å². The maximum atomic E-state index is 12.9. The second-order valence-corrected chi connectivity index (χ2v) is 9.68. The maximum absolute atomic E-state index is 12.9. The molecule has 2 aromatic heterocycles. The smallest absolute Gasteiger partial charge is 0.263 e. The Morgan fingerprint density at radius 2 is 1.91 bits per heavy atom. The summed E-state index contributed by atoms with van der Waals surface area (Å²) in [6.45, 7) is 0. The van der Waals surface area contributed by atoms with E-state index in [9.17, 15) is 13.2 Å². The van der Waals surface area contributed by atoms with E-state index in [2.05, 4.69) is 14.9 Å². The summed E-state index contributed by atoms with van der Waals surface area (Å²) in [5.74, 6) is 1.26. The molecule has 33 heavy (non-hydrogen) atoms. The molecular formula is C24H22N4O4S. The minimum atomic E-state index is -3.88. The molecule has 2 aromatic carbocycles. The van der Waals surface area contributed by atoms with Crippen LogP contribution in [-0.4, -0.2) is 30.3 Å². The fourth-order valence-electron chi connectivity index (χ4n) is 4.07. The summed E-state index contributed by atoms with van der Waals surface area (Å²) in [5, 5.41) is 8.05. The molecule has 0 saturated heterocycles.